The quantitative estimate of drug-likeness (QED) is 0.901. The molecule has 0 saturated heterocycles. The maximum Gasteiger partial charge on any atom is 0.330 e. The highest BCUT2D eigenvalue weighted by molar-refractivity contribution is 6.35. The molecule has 6 heteroatoms. The van der Waals surface area contributed by atoms with Gasteiger partial charge < -0.3 is 10.4 Å². The third-order valence-electron chi connectivity index (χ3n) is 2.65. The zero-order valence-electron chi connectivity index (χ0n) is 10.1. The van der Waals surface area contributed by atoms with E-state index in [1.165, 1.54) is 6.92 Å². The van der Waals surface area contributed by atoms with E-state index in [0.717, 1.165) is 0 Å². The molecule has 1 heterocycles. The smallest absolute Gasteiger partial charge is 0.330 e. The first-order valence-corrected chi connectivity index (χ1v) is 5.91. The molecule has 1 unspecified atom stereocenters. The monoisotopic (exact) mass is 278 g/mol. The molecule has 5 nitrogen and oxygen atoms in total. The van der Waals surface area contributed by atoms with Gasteiger partial charge in [0.2, 0.25) is 5.91 Å². The fraction of sp³-hybridized carbons (Fsp3) is 0.154. The number of aromatic nitrogens is 1. The lowest BCUT2D eigenvalue weighted by atomic mass is 10.0. The number of carbonyl (C=O) groups excluding carboxylic acids is 1. The molecule has 0 bridgehead atoms. The standard InChI is InChI=1S/C13H11ClN2O3/c1-7(17)16-12(13(18)19)9-4-5-10(14)8-3-2-6-15-11(8)9/h2-6,12H,1H3,(H,16,17)(H,18,19). The second-order valence-electron chi connectivity index (χ2n) is 4.01. The lowest BCUT2D eigenvalue weighted by Crippen LogP contribution is -2.32. The van der Waals surface area contributed by atoms with Crippen molar-refractivity contribution in [3.8, 4) is 0 Å². The Labute approximate surface area is 114 Å². The van der Waals surface area contributed by atoms with Gasteiger partial charge in [-0.05, 0) is 18.2 Å². The van der Waals surface area contributed by atoms with Gasteiger partial charge in [-0.2, -0.15) is 0 Å². The lowest BCUT2D eigenvalue weighted by Gasteiger charge is -2.15. The molecular weight excluding hydrogens is 268 g/mol. The summed E-state index contributed by atoms with van der Waals surface area (Å²) < 4.78 is 0. The van der Waals surface area contributed by atoms with Gasteiger partial charge in [-0.3, -0.25) is 9.78 Å². The average molecular weight is 279 g/mol. The number of hydrogen-bond donors (Lipinski definition) is 2. The maximum absolute atomic E-state index is 11.3. The number of hydrogen-bond acceptors (Lipinski definition) is 3. The normalized spacial score (nSPS) is 12.1. The van der Waals surface area contributed by atoms with Gasteiger partial charge in [0.25, 0.3) is 0 Å². The van der Waals surface area contributed by atoms with Crippen LogP contribution in [0.2, 0.25) is 5.02 Å². The average Bonchev–Trinajstić information content (AvgIpc) is 2.37. The predicted molar refractivity (Wildman–Crippen MR) is 70.9 cm³/mol. The van der Waals surface area contributed by atoms with E-state index in [9.17, 15) is 14.7 Å². The molecule has 0 spiro atoms. The van der Waals surface area contributed by atoms with Gasteiger partial charge in [-0.15, -0.1) is 0 Å². The largest absolute Gasteiger partial charge is 0.479 e. The van der Waals surface area contributed by atoms with Gasteiger partial charge >= 0.3 is 5.97 Å². The van der Waals surface area contributed by atoms with E-state index < -0.39 is 17.9 Å². The van der Waals surface area contributed by atoms with Gasteiger partial charge in [-0.1, -0.05) is 17.7 Å². The van der Waals surface area contributed by atoms with Crippen LogP contribution in [0.1, 0.15) is 18.5 Å². The van der Waals surface area contributed by atoms with Crippen molar-refractivity contribution in [2.75, 3.05) is 0 Å². The zero-order valence-corrected chi connectivity index (χ0v) is 10.8. The van der Waals surface area contributed by atoms with Crippen LogP contribution in [-0.4, -0.2) is 22.0 Å². The van der Waals surface area contributed by atoms with E-state index in [1.54, 1.807) is 30.5 Å². The first-order valence-electron chi connectivity index (χ1n) is 5.53. The number of halogens is 1. The number of amides is 1. The van der Waals surface area contributed by atoms with Crippen LogP contribution in [0.3, 0.4) is 0 Å². The summed E-state index contributed by atoms with van der Waals surface area (Å²) in [5.41, 5.74) is 0.874. The molecule has 2 rings (SSSR count). The Balaban J connectivity index is 2.63. The van der Waals surface area contributed by atoms with Crippen LogP contribution in [0.4, 0.5) is 0 Å². The number of nitrogens with one attached hydrogen (secondary N) is 1. The Bertz CT molecular complexity index is 657. The summed E-state index contributed by atoms with van der Waals surface area (Å²) in [5.74, 6) is -1.57. The molecule has 1 atom stereocenters. The van der Waals surface area contributed by atoms with E-state index in [2.05, 4.69) is 10.3 Å². The van der Waals surface area contributed by atoms with E-state index in [1.807, 2.05) is 0 Å². The maximum atomic E-state index is 11.3. The Hall–Kier alpha value is -2.14. The minimum atomic E-state index is -1.15. The van der Waals surface area contributed by atoms with Crippen molar-refractivity contribution in [1.82, 2.24) is 10.3 Å². The summed E-state index contributed by atoms with van der Waals surface area (Å²) in [7, 11) is 0. The third kappa shape index (κ3) is 2.66. The summed E-state index contributed by atoms with van der Waals surface area (Å²) in [6.45, 7) is 1.27. The summed E-state index contributed by atoms with van der Waals surface area (Å²) in [5, 5.41) is 12.8. The Morgan fingerprint density at radius 1 is 1.37 bits per heavy atom. The Kier molecular flexibility index (Phi) is 3.66. The van der Waals surface area contributed by atoms with E-state index >= 15 is 0 Å². The van der Waals surface area contributed by atoms with Crippen molar-refractivity contribution < 1.29 is 14.7 Å². The fourth-order valence-electron chi connectivity index (χ4n) is 1.87. The summed E-state index contributed by atoms with van der Waals surface area (Å²) in [6.07, 6.45) is 1.55. The van der Waals surface area contributed by atoms with Crippen molar-refractivity contribution >= 4 is 34.4 Å². The molecule has 0 aliphatic heterocycles. The van der Waals surface area contributed by atoms with Crippen molar-refractivity contribution in [3.05, 3.63) is 41.0 Å². The van der Waals surface area contributed by atoms with Crippen LogP contribution in [0.15, 0.2) is 30.5 Å². The number of fused-ring (bicyclic) bond motifs is 1. The number of benzene rings is 1. The fourth-order valence-corrected chi connectivity index (χ4v) is 2.08. The number of aliphatic carboxylic acids is 1. The van der Waals surface area contributed by atoms with Crippen LogP contribution >= 0.6 is 11.6 Å². The summed E-state index contributed by atoms with van der Waals surface area (Å²) in [6, 6.07) is 5.48. The SMILES string of the molecule is CC(=O)NC(C(=O)O)c1ccc(Cl)c2cccnc12. The molecule has 0 aliphatic rings. The molecule has 0 saturated carbocycles. The number of carbonyl (C=O) groups is 2. The van der Waals surface area contributed by atoms with E-state index in [4.69, 9.17) is 11.6 Å². The number of rotatable bonds is 3. The van der Waals surface area contributed by atoms with Crippen molar-refractivity contribution in [3.63, 3.8) is 0 Å². The number of carboxylic acid groups (broad SMARTS) is 1. The van der Waals surface area contributed by atoms with Crippen LogP contribution in [0.25, 0.3) is 10.9 Å². The minimum Gasteiger partial charge on any atom is -0.479 e. The van der Waals surface area contributed by atoms with Gasteiger partial charge in [-0.25, -0.2) is 4.79 Å². The molecule has 1 amide bonds. The second kappa shape index (κ2) is 5.24. The number of nitrogens with zero attached hydrogens (tertiary/aromatic N) is 1. The van der Waals surface area contributed by atoms with Crippen molar-refractivity contribution in [1.29, 1.82) is 0 Å². The first-order chi connectivity index (χ1) is 9.00. The first kappa shape index (κ1) is 13.3. The molecular formula is C13H11ClN2O3. The molecule has 98 valence electrons. The highest BCUT2D eigenvalue weighted by Crippen LogP contribution is 2.28. The van der Waals surface area contributed by atoms with Gasteiger partial charge in [0.15, 0.2) is 6.04 Å². The Morgan fingerprint density at radius 2 is 2.11 bits per heavy atom. The zero-order chi connectivity index (χ0) is 14.0. The van der Waals surface area contributed by atoms with Crippen LogP contribution < -0.4 is 5.32 Å². The molecule has 0 radical (unpaired) electrons. The second-order valence-corrected chi connectivity index (χ2v) is 4.42. The highest BCUT2D eigenvalue weighted by Gasteiger charge is 2.23. The van der Waals surface area contributed by atoms with Gasteiger partial charge in [0.05, 0.1) is 5.52 Å². The number of pyridine rings is 1. The van der Waals surface area contributed by atoms with Gasteiger partial charge in [0, 0.05) is 29.1 Å². The molecule has 2 N–H and O–H groups in total. The third-order valence-corrected chi connectivity index (χ3v) is 2.98. The molecule has 0 fully saturated rings. The minimum absolute atomic E-state index is 0.405. The number of carboxylic acids is 1. The van der Waals surface area contributed by atoms with Gasteiger partial charge in [0.1, 0.15) is 0 Å². The van der Waals surface area contributed by atoms with Crippen LogP contribution in [0, 0.1) is 0 Å². The lowest BCUT2D eigenvalue weighted by molar-refractivity contribution is -0.141. The predicted octanol–water partition coefficient (Wildman–Crippen LogP) is 2.15. The van der Waals surface area contributed by atoms with Crippen LogP contribution in [-0.2, 0) is 9.59 Å². The molecule has 1 aromatic heterocycles. The van der Waals surface area contributed by atoms with Crippen LogP contribution in [0.5, 0.6) is 0 Å². The summed E-state index contributed by atoms with van der Waals surface area (Å²) in [4.78, 5) is 26.6. The molecule has 1 aromatic carbocycles. The molecule has 19 heavy (non-hydrogen) atoms. The highest BCUT2D eigenvalue weighted by atomic mass is 35.5. The molecule has 0 aliphatic carbocycles. The molecule has 2 aromatic rings. The van der Waals surface area contributed by atoms with Crippen molar-refractivity contribution in [2.24, 2.45) is 0 Å². The topological polar surface area (TPSA) is 79.3 Å². The Morgan fingerprint density at radius 3 is 2.74 bits per heavy atom. The summed E-state index contributed by atoms with van der Waals surface area (Å²) >= 11 is 6.04. The van der Waals surface area contributed by atoms with E-state index in [0.29, 0.717) is 21.5 Å². The van der Waals surface area contributed by atoms with Crippen molar-refractivity contribution in [2.45, 2.75) is 13.0 Å². The van der Waals surface area contributed by atoms with E-state index in [-0.39, 0.29) is 0 Å².